The third kappa shape index (κ3) is 3.23. The number of hydrogen-bond acceptors (Lipinski definition) is 3. The first kappa shape index (κ1) is 15.5. The zero-order valence-electron chi connectivity index (χ0n) is 12.7. The molecule has 0 N–H and O–H groups in total. The zero-order valence-corrected chi connectivity index (χ0v) is 13.5. The summed E-state index contributed by atoms with van der Waals surface area (Å²) in [5, 5.41) is -0.379. The Balaban J connectivity index is 2.14. The molecule has 0 amide bonds. The van der Waals surface area contributed by atoms with E-state index >= 15 is 0 Å². The van der Waals surface area contributed by atoms with Crippen molar-refractivity contribution in [3.63, 3.8) is 0 Å². The van der Waals surface area contributed by atoms with E-state index in [0.29, 0.717) is 23.0 Å². The lowest BCUT2D eigenvalue weighted by Gasteiger charge is -2.15. The highest BCUT2D eigenvalue weighted by Gasteiger charge is 2.35. The average molecular weight is 296 g/mol. The molecule has 0 bridgehead atoms. The molecule has 0 radical (unpaired) electrons. The van der Waals surface area contributed by atoms with Gasteiger partial charge in [-0.05, 0) is 57.2 Å². The lowest BCUT2D eigenvalue weighted by molar-refractivity contribution is 0.357. The van der Waals surface area contributed by atoms with Crippen LogP contribution in [0.3, 0.4) is 0 Å². The van der Waals surface area contributed by atoms with Gasteiger partial charge in [-0.2, -0.15) is 0 Å². The molecule has 1 aromatic rings. The Morgan fingerprint density at radius 1 is 1.20 bits per heavy atom. The van der Waals surface area contributed by atoms with Crippen LogP contribution in [0.2, 0.25) is 0 Å². The van der Waals surface area contributed by atoms with Crippen LogP contribution in [-0.4, -0.2) is 25.9 Å². The van der Waals surface area contributed by atoms with Crippen LogP contribution < -0.4 is 0 Å². The largest absolute Gasteiger partial charge is 0.370 e. The van der Waals surface area contributed by atoms with Crippen molar-refractivity contribution >= 4 is 9.84 Å². The standard InChI is InChI=1S/C16H24O3S/c1-5-13(10-16-12(4)19-16)14-6-8-15(9-7-14)20(17,18)11(2)3/h6-9,11-13,16H,5,10H2,1-4H3. The van der Waals surface area contributed by atoms with Gasteiger partial charge >= 0.3 is 0 Å². The lowest BCUT2D eigenvalue weighted by atomic mass is 9.91. The average Bonchev–Trinajstić information content (AvgIpc) is 3.11. The van der Waals surface area contributed by atoms with E-state index in [2.05, 4.69) is 13.8 Å². The quantitative estimate of drug-likeness (QED) is 0.754. The van der Waals surface area contributed by atoms with E-state index in [0.717, 1.165) is 12.8 Å². The maximum atomic E-state index is 12.1. The third-order valence-electron chi connectivity index (χ3n) is 4.15. The highest BCUT2D eigenvalue weighted by molar-refractivity contribution is 7.92. The van der Waals surface area contributed by atoms with Crippen molar-refractivity contribution < 1.29 is 13.2 Å². The van der Waals surface area contributed by atoms with Crippen LogP contribution >= 0.6 is 0 Å². The van der Waals surface area contributed by atoms with E-state index in [9.17, 15) is 8.42 Å². The summed E-state index contributed by atoms with van der Waals surface area (Å²) in [6.07, 6.45) is 2.82. The topological polar surface area (TPSA) is 46.7 Å². The molecule has 1 fully saturated rings. The minimum absolute atomic E-state index is 0.374. The molecule has 0 saturated carbocycles. The molecule has 4 heteroatoms. The second kappa shape index (κ2) is 5.86. The van der Waals surface area contributed by atoms with Crippen molar-refractivity contribution in [3.05, 3.63) is 29.8 Å². The minimum Gasteiger partial charge on any atom is -0.370 e. The van der Waals surface area contributed by atoms with Crippen LogP contribution in [0.15, 0.2) is 29.2 Å². The lowest BCUT2D eigenvalue weighted by Crippen LogP contribution is -2.14. The predicted molar refractivity (Wildman–Crippen MR) is 80.7 cm³/mol. The monoisotopic (exact) mass is 296 g/mol. The van der Waals surface area contributed by atoms with E-state index in [1.54, 1.807) is 26.0 Å². The van der Waals surface area contributed by atoms with Crippen LogP contribution in [0.1, 0.15) is 52.0 Å². The zero-order chi connectivity index (χ0) is 14.9. The Morgan fingerprint density at radius 3 is 2.15 bits per heavy atom. The van der Waals surface area contributed by atoms with Crippen molar-refractivity contribution in [1.29, 1.82) is 0 Å². The molecule has 112 valence electrons. The summed E-state index contributed by atoms with van der Waals surface area (Å²) in [7, 11) is -3.17. The molecule has 2 rings (SSSR count). The smallest absolute Gasteiger partial charge is 0.180 e. The summed E-state index contributed by atoms with van der Waals surface area (Å²) >= 11 is 0. The van der Waals surface area contributed by atoms with Crippen LogP contribution in [0, 0.1) is 0 Å². The molecule has 20 heavy (non-hydrogen) atoms. The molecular weight excluding hydrogens is 272 g/mol. The summed E-state index contributed by atoms with van der Waals surface area (Å²) in [5.74, 6) is 0.445. The molecule has 1 aromatic carbocycles. The number of hydrogen-bond donors (Lipinski definition) is 0. The van der Waals surface area contributed by atoms with E-state index < -0.39 is 9.84 Å². The Morgan fingerprint density at radius 2 is 1.75 bits per heavy atom. The maximum absolute atomic E-state index is 12.1. The molecule has 0 aliphatic carbocycles. The fourth-order valence-electron chi connectivity index (χ4n) is 2.50. The number of epoxide rings is 1. The number of rotatable bonds is 6. The second-order valence-electron chi connectivity index (χ2n) is 5.88. The van der Waals surface area contributed by atoms with Gasteiger partial charge in [0.1, 0.15) is 0 Å². The first-order valence-corrected chi connectivity index (χ1v) is 8.90. The van der Waals surface area contributed by atoms with E-state index in [1.807, 2.05) is 12.1 Å². The molecule has 1 heterocycles. The van der Waals surface area contributed by atoms with Crippen molar-refractivity contribution in [2.45, 2.75) is 68.8 Å². The van der Waals surface area contributed by atoms with Gasteiger partial charge in [-0.3, -0.25) is 0 Å². The van der Waals surface area contributed by atoms with Crippen molar-refractivity contribution in [1.82, 2.24) is 0 Å². The number of ether oxygens (including phenoxy) is 1. The molecule has 3 nitrogen and oxygen atoms in total. The first-order chi connectivity index (χ1) is 9.36. The van der Waals surface area contributed by atoms with Crippen LogP contribution in [0.25, 0.3) is 0 Å². The van der Waals surface area contributed by atoms with Gasteiger partial charge in [0.05, 0.1) is 22.4 Å². The third-order valence-corrected chi connectivity index (χ3v) is 6.32. The van der Waals surface area contributed by atoms with Gasteiger partial charge in [0.2, 0.25) is 0 Å². The summed E-state index contributed by atoms with van der Waals surface area (Å²) in [5.41, 5.74) is 1.21. The second-order valence-corrected chi connectivity index (χ2v) is 8.39. The molecule has 3 atom stereocenters. The van der Waals surface area contributed by atoms with Crippen LogP contribution in [-0.2, 0) is 14.6 Å². The van der Waals surface area contributed by atoms with Crippen molar-refractivity contribution in [2.75, 3.05) is 0 Å². The number of benzene rings is 1. The van der Waals surface area contributed by atoms with Crippen molar-refractivity contribution in [3.8, 4) is 0 Å². The van der Waals surface area contributed by atoms with Gasteiger partial charge in [-0.25, -0.2) is 8.42 Å². The van der Waals surface area contributed by atoms with Crippen LogP contribution in [0.5, 0.6) is 0 Å². The normalized spacial score (nSPS) is 23.9. The molecule has 3 unspecified atom stereocenters. The molecule has 0 aromatic heterocycles. The highest BCUT2D eigenvalue weighted by Crippen LogP contribution is 2.34. The molecule has 1 aliphatic rings. The fourth-order valence-corrected chi connectivity index (χ4v) is 3.56. The Bertz CT molecular complexity index is 546. The van der Waals surface area contributed by atoms with E-state index in [-0.39, 0.29) is 5.25 Å². The van der Waals surface area contributed by atoms with E-state index in [1.165, 1.54) is 5.56 Å². The maximum Gasteiger partial charge on any atom is 0.180 e. The molecule has 1 saturated heterocycles. The summed E-state index contributed by atoms with van der Waals surface area (Å²) < 4.78 is 29.7. The van der Waals surface area contributed by atoms with Gasteiger partial charge in [-0.15, -0.1) is 0 Å². The first-order valence-electron chi connectivity index (χ1n) is 7.35. The Hall–Kier alpha value is -0.870. The predicted octanol–water partition coefficient (Wildman–Crippen LogP) is 3.54. The summed E-state index contributed by atoms with van der Waals surface area (Å²) in [6.45, 7) is 7.68. The number of sulfone groups is 1. The fraction of sp³-hybridized carbons (Fsp3) is 0.625. The van der Waals surface area contributed by atoms with Gasteiger partial charge in [0.25, 0.3) is 0 Å². The Labute approximate surface area is 122 Å². The van der Waals surface area contributed by atoms with Gasteiger partial charge < -0.3 is 4.74 Å². The minimum atomic E-state index is -3.17. The molecule has 1 aliphatic heterocycles. The highest BCUT2D eigenvalue weighted by atomic mass is 32.2. The molecular formula is C16H24O3S. The summed E-state index contributed by atoms with van der Waals surface area (Å²) in [6, 6.07) is 7.39. The van der Waals surface area contributed by atoms with Gasteiger partial charge in [0.15, 0.2) is 9.84 Å². The van der Waals surface area contributed by atoms with Crippen molar-refractivity contribution in [2.24, 2.45) is 0 Å². The molecule has 0 spiro atoms. The summed E-state index contributed by atoms with van der Waals surface area (Å²) in [4.78, 5) is 0.419. The Kier molecular flexibility index (Phi) is 4.55. The van der Waals surface area contributed by atoms with Gasteiger partial charge in [-0.1, -0.05) is 19.1 Å². The van der Waals surface area contributed by atoms with Crippen LogP contribution in [0.4, 0.5) is 0 Å². The SMILES string of the molecule is CCC(CC1OC1C)c1ccc(S(=O)(=O)C(C)C)cc1. The van der Waals surface area contributed by atoms with E-state index in [4.69, 9.17) is 4.74 Å². The van der Waals surface area contributed by atoms with Gasteiger partial charge in [0, 0.05) is 0 Å².